The Morgan fingerprint density at radius 2 is 1.82 bits per heavy atom. The van der Waals surface area contributed by atoms with E-state index in [4.69, 9.17) is 4.74 Å². The molecule has 0 unspecified atom stereocenters. The fourth-order valence-electron chi connectivity index (χ4n) is 3.25. The van der Waals surface area contributed by atoms with Crippen molar-refractivity contribution in [3.63, 3.8) is 0 Å². The number of anilines is 1. The van der Waals surface area contributed by atoms with Crippen molar-refractivity contribution in [2.24, 2.45) is 0 Å². The first-order valence-electron chi connectivity index (χ1n) is 9.42. The summed E-state index contributed by atoms with van der Waals surface area (Å²) < 4.78 is 6.95. The zero-order chi connectivity index (χ0) is 19.2. The van der Waals surface area contributed by atoms with E-state index in [1.807, 2.05) is 30.5 Å². The number of hydrogen-bond acceptors (Lipinski definition) is 6. The molecule has 1 saturated heterocycles. The van der Waals surface area contributed by atoms with Crippen LogP contribution in [0.2, 0.25) is 0 Å². The maximum Gasteiger partial charge on any atom is 0.158 e. The molecule has 1 aromatic carbocycles. The molecule has 7 nitrogen and oxygen atoms in total. The fraction of sp³-hybridized carbons (Fsp3) is 0.286. The second-order valence-electron chi connectivity index (χ2n) is 6.65. The van der Waals surface area contributed by atoms with Crippen LogP contribution in [0.1, 0.15) is 5.56 Å². The molecular formula is C21H24N6O. The van der Waals surface area contributed by atoms with Gasteiger partial charge < -0.3 is 9.64 Å². The lowest BCUT2D eigenvalue weighted by Gasteiger charge is -2.34. The minimum Gasteiger partial charge on any atom is -0.497 e. The van der Waals surface area contributed by atoms with E-state index in [1.54, 1.807) is 24.3 Å². The van der Waals surface area contributed by atoms with E-state index in [-0.39, 0.29) is 0 Å². The molecule has 0 amide bonds. The Kier molecular flexibility index (Phi) is 5.63. The number of nitrogens with zero attached hydrogens (tertiary/aromatic N) is 6. The van der Waals surface area contributed by atoms with Gasteiger partial charge in [-0.2, -0.15) is 5.10 Å². The van der Waals surface area contributed by atoms with Gasteiger partial charge in [-0.15, -0.1) is 0 Å². The SMILES string of the molecule is COc1ccc(C=CCN2CCN(c3cc(-n4cccn4)ncn3)CC2)cc1. The van der Waals surface area contributed by atoms with Crippen molar-refractivity contribution < 1.29 is 4.74 Å². The standard InChI is InChI=1S/C21H24N6O/c1-28-19-7-5-18(6-8-19)4-2-10-25-12-14-26(15-13-25)20-16-21(23-17-22-20)27-11-3-9-24-27/h2-9,11,16-17H,10,12-15H2,1H3. The van der Waals surface area contributed by atoms with Gasteiger partial charge >= 0.3 is 0 Å². The Hall–Kier alpha value is -3.19. The zero-order valence-corrected chi connectivity index (χ0v) is 16.0. The number of rotatable bonds is 6. The Morgan fingerprint density at radius 3 is 2.54 bits per heavy atom. The highest BCUT2D eigenvalue weighted by molar-refractivity contribution is 5.50. The summed E-state index contributed by atoms with van der Waals surface area (Å²) in [6, 6.07) is 12.0. The third-order valence-corrected chi connectivity index (χ3v) is 4.86. The summed E-state index contributed by atoms with van der Waals surface area (Å²) in [5, 5.41) is 4.24. The third kappa shape index (κ3) is 4.37. The molecule has 0 atom stereocenters. The molecule has 1 fully saturated rings. The fourth-order valence-corrected chi connectivity index (χ4v) is 3.25. The van der Waals surface area contributed by atoms with E-state index in [2.05, 4.69) is 49.2 Å². The Morgan fingerprint density at radius 1 is 1.04 bits per heavy atom. The normalized spacial score (nSPS) is 15.2. The van der Waals surface area contributed by atoms with E-state index < -0.39 is 0 Å². The number of benzene rings is 1. The largest absolute Gasteiger partial charge is 0.497 e. The van der Waals surface area contributed by atoms with Gasteiger partial charge in [0.15, 0.2) is 5.82 Å². The van der Waals surface area contributed by atoms with Gasteiger partial charge in [0, 0.05) is 51.2 Å². The van der Waals surface area contributed by atoms with E-state index >= 15 is 0 Å². The average Bonchev–Trinajstić information content (AvgIpc) is 3.30. The summed E-state index contributed by atoms with van der Waals surface area (Å²) >= 11 is 0. The first-order valence-corrected chi connectivity index (χ1v) is 9.42. The van der Waals surface area contributed by atoms with Gasteiger partial charge in [-0.1, -0.05) is 24.3 Å². The molecule has 0 radical (unpaired) electrons. The molecule has 3 aromatic rings. The van der Waals surface area contributed by atoms with E-state index in [1.165, 1.54) is 5.56 Å². The first-order chi connectivity index (χ1) is 13.8. The minimum atomic E-state index is 0.792. The predicted octanol–water partition coefficient (Wildman–Crippen LogP) is 2.51. The van der Waals surface area contributed by atoms with Gasteiger partial charge in [-0.05, 0) is 23.8 Å². The molecule has 28 heavy (non-hydrogen) atoms. The van der Waals surface area contributed by atoms with E-state index in [9.17, 15) is 0 Å². The smallest absolute Gasteiger partial charge is 0.158 e. The molecule has 1 aliphatic rings. The maximum absolute atomic E-state index is 5.19. The lowest BCUT2D eigenvalue weighted by molar-refractivity contribution is 0.283. The average molecular weight is 376 g/mol. The van der Waals surface area contributed by atoms with Crippen molar-refractivity contribution in [1.82, 2.24) is 24.6 Å². The Labute approximate surface area is 164 Å². The van der Waals surface area contributed by atoms with Crippen molar-refractivity contribution in [2.75, 3.05) is 44.7 Å². The second kappa shape index (κ2) is 8.67. The number of methoxy groups -OCH3 is 1. The van der Waals surface area contributed by atoms with Gasteiger partial charge in [0.05, 0.1) is 7.11 Å². The van der Waals surface area contributed by atoms with Crippen molar-refractivity contribution in [3.05, 3.63) is 66.8 Å². The molecule has 0 aliphatic carbocycles. The maximum atomic E-state index is 5.19. The summed E-state index contributed by atoms with van der Waals surface area (Å²) in [5.74, 6) is 2.63. The highest BCUT2D eigenvalue weighted by Crippen LogP contribution is 2.16. The quantitative estimate of drug-likeness (QED) is 0.659. The van der Waals surface area contributed by atoms with Crippen molar-refractivity contribution in [2.45, 2.75) is 0 Å². The molecule has 3 heterocycles. The number of aromatic nitrogens is 4. The lowest BCUT2D eigenvalue weighted by Crippen LogP contribution is -2.46. The number of ether oxygens (including phenoxy) is 1. The molecule has 144 valence electrons. The molecule has 7 heteroatoms. The van der Waals surface area contributed by atoms with Gasteiger partial charge in [-0.25, -0.2) is 14.6 Å². The van der Waals surface area contributed by atoms with Crippen molar-refractivity contribution in [3.8, 4) is 11.6 Å². The third-order valence-electron chi connectivity index (χ3n) is 4.86. The van der Waals surface area contributed by atoms with Crippen LogP contribution in [0.15, 0.2) is 61.2 Å². The minimum absolute atomic E-state index is 0.792. The molecular weight excluding hydrogens is 352 g/mol. The van der Waals surface area contributed by atoms with Crippen LogP contribution in [-0.2, 0) is 0 Å². The molecule has 0 N–H and O–H groups in total. The van der Waals surface area contributed by atoms with Crippen LogP contribution in [0.25, 0.3) is 11.9 Å². The van der Waals surface area contributed by atoms with Crippen LogP contribution in [0.3, 0.4) is 0 Å². The van der Waals surface area contributed by atoms with Crippen molar-refractivity contribution >= 4 is 11.9 Å². The van der Waals surface area contributed by atoms with Crippen LogP contribution < -0.4 is 9.64 Å². The molecule has 0 bridgehead atoms. The second-order valence-corrected chi connectivity index (χ2v) is 6.65. The van der Waals surface area contributed by atoms with Crippen LogP contribution >= 0.6 is 0 Å². The summed E-state index contributed by atoms with van der Waals surface area (Å²) in [7, 11) is 1.68. The summed E-state index contributed by atoms with van der Waals surface area (Å²) in [5.41, 5.74) is 1.19. The zero-order valence-electron chi connectivity index (χ0n) is 16.0. The topological polar surface area (TPSA) is 59.3 Å². The first kappa shape index (κ1) is 18.2. The van der Waals surface area contributed by atoms with Crippen molar-refractivity contribution in [1.29, 1.82) is 0 Å². The van der Waals surface area contributed by atoms with Crippen LogP contribution in [0, 0.1) is 0 Å². The molecule has 2 aromatic heterocycles. The highest BCUT2D eigenvalue weighted by atomic mass is 16.5. The Balaban J connectivity index is 1.30. The van der Waals surface area contributed by atoms with Gasteiger partial charge in [-0.3, -0.25) is 4.90 Å². The lowest BCUT2D eigenvalue weighted by atomic mass is 10.2. The van der Waals surface area contributed by atoms with Gasteiger partial charge in [0.2, 0.25) is 0 Å². The predicted molar refractivity (Wildman–Crippen MR) is 110 cm³/mol. The van der Waals surface area contributed by atoms with Gasteiger partial charge in [0.25, 0.3) is 0 Å². The summed E-state index contributed by atoms with van der Waals surface area (Å²) in [6.07, 6.45) is 9.63. The molecule has 0 spiro atoms. The number of piperazine rings is 1. The molecule has 4 rings (SSSR count). The summed E-state index contributed by atoms with van der Waals surface area (Å²) in [4.78, 5) is 13.5. The highest BCUT2D eigenvalue weighted by Gasteiger charge is 2.17. The van der Waals surface area contributed by atoms with E-state index in [0.717, 1.165) is 50.1 Å². The van der Waals surface area contributed by atoms with Crippen LogP contribution in [-0.4, -0.2) is 64.5 Å². The summed E-state index contributed by atoms with van der Waals surface area (Å²) in [6.45, 7) is 4.86. The van der Waals surface area contributed by atoms with Crippen LogP contribution in [0.4, 0.5) is 5.82 Å². The number of hydrogen-bond donors (Lipinski definition) is 0. The molecule has 0 saturated carbocycles. The molecule has 1 aliphatic heterocycles. The van der Waals surface area contributed by atoms with Gasteiger partial charge in [0.1, 0.15) is 17.9 Å². The monoisotopic (exact) mass is 376 g/mol. The van der Waals surface area contributed by atoms with Crippen LogP contribution in [0.5, 0.6) is 5.75 Å². The van der Waals surface area contributed by atoms with E-state index in [0.29, 0.717) is 0 Å². The Bertz CT molecular complexity index is 899.